The number of hydrogen-bond donors (Lipinski definition) is 1. The number of likely N-dealkylation sites (tertiary alicyclic amines) is 1. The van der Waals surface area contributed by atoms with E-state index in [1.165, 1.54) is 0 Å². The van der Waals surface area contributed by atoms with Gasteiger partial charge >= 0.3 is 6.03 Å². The highest BCUT2D eigenvalue weighted by Gasteiger charge is 2.33. The van der Waals surface area contributed by atoms with Crippen LogP contribution in [0.1, 0.15) is 30.6 Å². The molecule has 0 saturated carbocycles. The Balaban J connectivity index is 1.59. The maximum atomic E-state index is 12.5. The Morgan fingerprint density at radius 1 is 1.36 bits per heavy atom. The predicted molar refractivity (Wildman–Crippen MR) is 90.0 cm³/mol. The van der Waals surface area contributed by atoms with Gasteiger partial charge in [0.05, 0.1) is 19.3 Å². The van der Waals surface area contributed by atoms with Crippen molar-refractivity contribution in [2.75, 3.05) is 32.2 Å². The van der Waals surface area contributed by atoms with Crippen LogP contribution in [0.2, 0.25) is 0 Å². The van der Waals surface area contributed by atoms with Crippen LogP contribution in [0, 0.1) is 0 Å². The lowest BCUT2D eigenvalue weighted by Gasteiger charge is -2.22. The lowest BCUT2D eigenvalue weighted by atomic mass is 10.2. The third-order valence-corrected chi connectivity index (χ3v) is 3.98. The van der Waals surface area contributed by atoms with Crippen LogP contribution >= 0.6 is 0 Å². The number of urea groups is 1. The van der Waals surface area contributed by atoms with E-state index >= 15 is 0 Å². The van der Waals surface area contributed by atoms with Gasteiger partial charge in [-0.3, -0.25) is 0 Å². The first-order chi connectivity index (χ1) is 12.3. The second-order valence-electron chi connectivity index (χ2n) is 5.74. The number of ether oxygens (including phenoxy) is 2. The molecule has 1 aliphatic heterocycles. The summed E-state index contributed by atoms with van der Waals surface area (Å²) in [6.45, 7) is 1.87. The lowest BCUT2D eigenvalue weighted by Crippen LogP contribution is -2.34. The van der Waals surface area contributed by atoms with Crippen molar-refractivity contribution in [2.45, 2.75) is 25.5 Å². The summed E-state index contributed by atoms with van der Waals surface area (Å²) in [6.07, 6.45) is 1.72. The van der Waals surface area contributed by atoms with Crippen LogP contribution in [-0.2, 0) is 16.1 Å². The quantitative estimate of drug-likeness (QED) is 0.775. The maximum absolute atomic E-state index is 12.5. The van der Waals surface area contributed by atoms with Crippen LogP contribution in [0.4, 0.5) is 10.5 Å². The van der Waals surface area contributed by atoms with Crippen molar-refractivity contribution in [1.29, 1.82) is 0 Å². The van der Waals surface area contributed by atoms with Crippen molar-refractivity contribution < 1.29 is 18.8 Å². The Bertz CT molecular complexity index is 676. The van der Waals surface area contributed by atoms with Crippen molar-refractivity contribution >= 4 is 11.7 Å². The second-order valence-corrected chi connectivity index (χ2v) is 5.74. The summed E-state index contributed by atoms with van der Waals surface area (Å²) in [5.41, 5.74) is 0.762. The van der Waals surface area contributed by atoms with Gasteiger partial charge in [0.1, 0.15) is 6.61 Å². The van der Waals surface area contributed by atoms with Gasteiger partial charge in [0, 0.05) is 19.3 Å². The summed E-state index contributed by atoms with van der Waals surface area (Å²) in [5, 5.41) is 6.92. The van der Waals surface area contributed by atoms with Gasteiger partial charge in [-0.15, -0.1) is 0 Å². The molecule has 0 spiro atoms. The highest BCUT2D eigenvalue weighted by molar-refractivity contribution is 5.89. The number of hydrogen-bond acceptors (Lipinski definition) is 6. The molecule has 25 heavy (non-hydrogen) atoms. The summed E-state index contributed by atoms with van der Waals surface area (Å²) in [5.74, 6) is 0.924. The first-order valence-electron chi connectivity index (χ1n) is 8.30. The SMILES string of the molecule is COCCOCc1nc(C2CCCN2C(=O)Nc2ccccc2)no1. The molecule has 0 bridgehead atoms. The molecule has 3 rings (SSSR count). The van der Waals surface area contributed by atoms with Crippen molar-refractivity contribution in [3.8, 4) is 0 Å². The smallest absolute Gasteiger partial charge is 0.322 e. The van der Waals surface area contributed by atoms with E-state index in [1.54, 1.807) is 12.0 Å². The number of nitrogens with one attached hydrogen (secondary N) is 1. The van der Waals surface area contributed by atoms with E-state index in [-0.39, 0.29) is 18.7 Å². The first kappa shape index (κ1) is 17.4. The summed E-state index contributed by atoms with van der Waals surface area (Å²) < 4.78 is 15.5. The average Bonchev–Trinajstić information content (AvgIpc) is 3.28. The van der Waals surface area contributed by atoms with Crippen LogP contribution < -0.4 is 5.32 Å². The molecule has 0 radical (unpaired) electrons. The monoisotopic (exact) mass is 346 g/mol. The van der Waals surface area contributed by atoms with Crippen molar-refractivity contribution in [3.63, 3.8) is 0 Å². The number of amides is 2. The number of carbonyl (C=O) groups excluding carboxylic acids is 1. The van der Waals surface area contributed by atoms with E-state index in [1.807, 2.05) is 30.3 Å². The van der Waals surface area contributed by atoms with Gasteiger partial charge in [-0.05, 0) is 25.0 Å². The van der Waals surface area contributed by atoms with Gasteiger partial charge in [-0.25, -0.2) is 4.79 Å². The Morgan fingerprint density at radius 3 is 3.00 bits per heavy atom. The molecule has 1 unspecified atom stereocenters. The number of anilines is 1. The Labute approximate surface area is 146 Å². The molecular weight excluding hydrogens is 324 g/mol. The Kier molecular flexibility index (Phi) is 5.97. The zero-order valence-corrected chi connectivity index (χ0v) is 14.2. The maximum Gasteiger partial charge on any atom is 0.322 e. The van der Waals surface area contributed by atoms with Gasteiger partial charge in [-0.2, -0.15) is 4.98 Å². The van der Waals surface area contributed by atoms with Crippen LogP contribution in [0.15, 0.2) is 34.9 Å². The molecule has 1 atom stereocenters. The second kappa shape index (κ2) is 8.59. The normalized spacial score (nSPS) is 17.0. The fourth-order valence-electron chi connectivity index (χ4n) is 2.76. The standard InChI is InChI=1S/C17H22N4O4/c1-23-10-11-24-12-15-19-16(20-25-15)14-8-5-9-21(14)17(22)18-13-6-3-2-4-7-13/h2-4,6-7,14H,5,8-12H2,1H3,(H,18,22). The number of aromatic nitrogens is 2. The molecule has 2 aromatic rings. The predicted octanol–water partition coefficient (Wildman–Crippen LogP) is 2.60. The van der Waals surface area contributed by atoms with Crippen molar-refractivity contribution in [1.82, 2.24) is 15.0 Å². The lowest BCUT2D eigenvalue weighted by molar-refractivity contribution is 0.0494. The van der Waals surface area contributed by atoms with Gasteiger partial charge in [0.2, 0.25) is 0 Å². The van der Waals surface area contributed by atoms with Crippen LogP contribution in [-0.4, -0.2) is 47.9 Å². The average molecular weight is 346 g/mol. The van der Waals surface area contributed by atoms with E-state index in [2.05, 4.69) is 15.5 Å². The van der Waals surface area contributed by atoms with E-state index in [4.69, 9.17) is 14.0 Å². The van der Waals surface area contributed by atoms with Crippen LogP contribution in [0.5, 0.6) is 0 Å². The minimum Gasteiger partial charge on any atom is -0.382 e. The third kappa shape index (κ3) is 4.55. The molecule has 1 aromatic carbocycles. The summed E-state index contributed by atoms with van der Waals surface area (Å²) >= 11 is 0. The van der Waals surface area contributed by atoms with E-state index in [0.29, 0.717) is 31.5 Å². The minimum atomic E-state index is -0.180. The van der Waals surface area contributed by atoms with Gasteiger partial charge in [0.15, 0.2) is 5.82 Å². The number of carbonyl (C=O) groups is 1. The van der Waals surface area contributed by atoms with E-state index in [9.17, 15) is 4.79 Å². The van der Waals surface area contributed by atoms with Crippen molar-refractivity contribution in [3.05, 3.63) is 42.0 Å². The molecule has 1 N–H and O–H groups in total. The van der Waals surface area contributed by atoms with Gasteiger partial charge < -0.3 is 24.2 Å². The molecule has 1 aliphatic rings. The minimum absolute atomic E-state index is 0.156. The molecular formula is C17H22N4O4. The third-order valence-electron chi connectivity index (χ3n) is 3.98. The van der Waals surface area contributed by atoms with E-state index in [0.717, 1.165) is 18.5 Å². The molecule has 1 fully saturated rings. The van der Waals surface area contributed by atoms with Crippen LogP contribution in [0.25, 0.3) is 0 Å². The number of benzene rings is 1. The summed E-state index contributed by atoms with van der Waals surface area (Å²) in [7, 11) is 1.61. The number of rotatable bonds is 7. The molecule has 0 aliphatic carbocycles. The topological polar surface area (TPSA) is 89.7 Å². The fourth-order valence-corrected chi connectivity index (χ4v) is 2.76. The molecule has 8 heteroatoms. The summed E-state index contributed by atoms with van der Waals surface area (Å²) in [6, 6.07) is 9.04. The number of methoxy groups -OCH3 is 1. The molecule has 1 saturated heterocycles. The van der Waals surface area contributed by atoms with E-state index < -0.39 is 0 Å². The Morgan fingerprint density at radius 2 is 2.20 bits per heavy atom. The highest BCUT2D eigenvalue weighted by atomic mass is 16.5. The first-order valence-corrected chi connectivity index (χ1v) is 8.30. The zero-order chi connectivity index (χ0) is 17.5. The highest BCUT2D eigenvalue weighted by Crippen LogP contribution is 2.30. The molecule has 2 heterocycles. The zero-order valence-electron chi connectivity index (χ0n) is 14.2. The molecule has 1 aromatic heterocycles. The van der Waals surface area contributed by atoms with Gasteiger partial charge in [0.25, 0.3) is 5.89 Å². The summed E-state index contributed by atoms with van der Waals surface area (Å²) in [4.78, 5) is 18.6. The fraction of sp³-hybridized carbons (Fsp3) is 0.471. The molecule has 134 valence electrons. The molecule has 8 nitrogen and oxygen atoms in total. The largest absolute Gasteiger partial charge is 0.382 e. The number of nitrogens with zero attached hydrogens (tertiary/aromatic N) is 3. The number of para-hydroxylation sites is 1. The van der Waals surface area contributed by atoms with Crippen LogP contribution in [0.3, 0.4) is 0 Å². The van der Waals surface area contributed by atoms with Gasteiger partial charge in [-0.1, -0.05) is 23.4 Å². The molecule has 2 amide bonds. The Hall–Kier alpha value is -2.45. The van der Waals surface area contributed by atoms with Crippen molar-refractivity contribution in [2.24, 2.45) is 0 Å².